The molecule has 0 fully saturated rings. The Morgan fingerprint density at radius 3 is 1.95 bits per heavy atom. The molecule has 9 rings (SSSR count). The molecule has 9 aromatic rings. The number of pyridine rings is 1. The number of ether oxygens (including phenoxy) is 1. The molecule has 0 aliphatic heterocycles. The largest absolute Gasteiger partial charge is 2.00 e. The van der Waals surface area contributed by atoms with Gasteiger partial charge in [-0.2, -0.15) is 7.11 Å². The summed E-state index contributed by atoms with van der Waals surface area (Å²) in [6.07, 6.45) is 1.56. The van der Waals surface area contributed by atoms with Gasteiger partial charge in [-0.3, -0.25) is 9.55 Å². The molecule has 0 unspecified atom stereocenters. The van der Waals surface area contributed by atoms with E-state index in [9.17, 15) is 0 Å². The van der Waals surface area contributed by atoms with Crippen LogP contribution in [0.25, 0.3) is 83.9 Å². The van der Waals surface area contributed by atoms with Gasteiger partial charge in [0, 0.05) is 21.6 Å². The molecule has 0 saturated carbocycles. The molecule has 0 radical (unpaired) electrons. The van der Waals surface area contributed by atoms with Crippen LogP contribution in [0, 0.1) is 33.9 Å². The van der Waals surface area contributed by atoms with Gasteiger partial charge in [0.2, 0.25) is 0 Å². The normalized spacial score (nSPS) is 13.5. The van der Waals surface area contributed by atoms with Gasteiger partial charge in [0.05, 0.1) is 33.5 Å². The first kappa shape index (κ1) is 36.9. The topological polar surface area (TPSA) is 39.9 Å². The van der Waals surface area contributed by atoms with Crippen LogP contribution in [-0.2, 0) is 31.9 Å². The fourth-order valence-electron chi connectivity index (χ4n) is 8.63. The Bertz CT molecular complexity index is 3510. The van der Waals surface area contributed by atoms with Crippen LogP contribution < -0.4 is 4.74 Å². The van der Waals surface area contributed by atoms with Crippen molar-refractivity contribution in [1.82, 2.24) is 14.5 Å². The maximum atomic E-state index is 8.86. The van der Waals surface area contributed by atoms with E-state index in [0.717, 1.165) is 72.4 Å². The van der Waals surface area contributed by atoms with Gasteiger partial charge in [-0.1, -0.05) is 167 Å². The Balaban J connectivity index is 0.00000693. The fourth-order valence-corrected chi connectivity index (χ4v) is 8.63. The second-order valence-corrected chi connectivity index (χ2v) is 18.6. The molecule has 0 aliphatic rings. The van der Waals surface area contributed by atoms with Crippen LogP contribution in [0.1, 0.15) is 79.0 Å². The summed E-state index contributed by atoms with van der Waals surface area (Å²) in [6.45, 7) is 14.4. The molecule has 7 aromatic carbocycles. The number of rotatable bonds is 8. The summed E-state index contributed by atoms with van der Waals surface area (Å²) in [7, 11) is 3.93. The Labute approximate surface area is 409 Å². The van der Waals surface area contributed by atoms with Crippen molar-refractivity contribution in [3.63, 3.8) is 0 Å². The van der Waals surface area contributed by atoms with E-state index in [4.69, 9.17) is 24.3 Å². The average Bonchev–Trinajstić information content (AvgIpc) is 3.72. The first-order valence-corrected chi connectivity index (χ1v) is 21.6. The SMILES string of the molecule is [2H]c1c([2H])c(C([2H])([2H])[2H])c([2H])c([2H])c1-c1ccnc(-c2[c-]c(-c3cccc4c3nc(-c3cc(C)cc(C)c3O[CH2-])n4-c3cc(-c4ccccc4)c(C(C)(C)C)cc3-c3ccccc3)cc(C(C)(C)C)c2)c1.[Pt+2]. The number of fused-ring (bicyclic) bond motifs is 1. The zero-order valence-electron chi connectivity index (χ0n) is 45.0. The summed E-state index contributed by atoms with van der Waals surface area (Å²) in [5, 5.41) is 0. The van der Waals surface area contributed by atoms with E-state index in [-0.39, 0.29) is 37.5 Å². The van der Waals surface area contributed by atoms with E-state index in [2.05, 4.69) is 157 Å². The molecular weight excluding hydrogens is 974 g/mol. The smallest absolute Gasteiger partial charge is 0.665 e. The van der Waals surface area contributed by atoms with Gasteiger partial charge in [0.15, 0.2) is 0 Å². The summed E-state index contributed by atoms with van der Waals surface area (Å²) < 4.78 is 67.0. The fraction of sp³-hybridized carbons (Fsp3) is 0.183. The van der Waals surface area contributed by atoms with Crippen LogP contribution in [0.4, 0.5) is 0 Å². The summed E-state index contributed by atoms with van der Waals surface area (Å²) in [5.41, 5.74) is 13.7. The molecule has 0 aliphatic carbocycles. The van der Waals surface area contributed by atoms with Crippen molar-refractivity contribution in [2.24, 2.45) is 0 Å². The van der Waals surface area contributed by atoms with Crippen molar-refractivity contribution in [2.75, 3.05) is 0 Å². The third-order valence-corrected chi connectivity index (χ3v) is 11.8. The Hall–Kier alpha value is -6.35. The Kier molecular flexibility index (Phi) is 10.2. The monoisotopic (exact) mass is 1040 g/mol. The molecule has 65 heavy (non-hydrogen) atoms. The van der Waals surface area contributed by atoms with Crippen molar-refractivity contribution in [3.05, 3.63) is 199 Å². The summed E-state index contributed by atoms with van der Waals surface area (Å²) in [4.78, 5) is 10.4. The number of hydrogen-bond acceptors (Lipinski definition) is 3. The molecule has 0 N–H and O–H groups in total. The summed E-state index contributed by atoms with van der Waals surface area (Å²) in [6, 6.07) is 45.2. The third kappa shape index (κ3) is 8.90. The van der Waals surface area contributed by atoms with E-state index >= 15 is 0 Å². The van der Waals surface area contributed by atoms with E-state index in [0.29, 0.717) is 28.4 Å². The van der Waals surface area contributed by atoms with Crippen LogP contribution in [0.15, 0.2) is 158 Å². The maximum absolute atomic E-state index is 8.86. The molecule has 0 atom stereocenters. The van der Waals surface area contributed by atoms with Gasteiger partial charge in [-0.25, -0.2) is 4.98 Å². The minimum atomic E-state index is -2.83. The number of aromatic nitrogens is 3. The van der Waals surface area contributed by atoms with Gasteiger partial charge in [-0.15, -0.1) is 29.3 Å². The molecule has 2 aromatic heterocycles. The van der Waals surface area contributed by atoms with Crippen molar-refractivity contribution < 1.29 is 35.4 Å². The Morgan fingerprint density at radius 1 is 0.631 bits per heavy atom. The van der Waals surface area contributed by atoms with Gasteiger partial charge in [0.1, 0.15) is 5.82 Å². The van der Waals surface area contributed by atoms with Crippen LogP contribution in [0.3, 0.4) is 0 Å². The van der Waals surface area contributed by atoms with E-state index in [1.807, 2.05) is 31.2 Å². The molecule has 0 spiro atoms. The predicted octanol–water partition coefficient (Wildman–Crippen LogP) is 15.9. The van der Waals surface area contributed by atoms with Gasteiger partial charge in [-0.05, 0) is 106 Å². The van der Waals surface area contributed by atoms with Crippen LogP contribution >= 0.6 is 0 Å². The molecule has 0 saturated heterocycles. The number of imidazole rings is 1. The number of hydrogen-bond donors (Lipinski definition) is 0. The molecule has 326 valence electrons. The van der Waals surface area contributed by atoms with Crippen LogP contribution in [0.2, 0.25) is 0 Å². The van der Waals surface area contributed by atoms with Crippen molar-refractivity contribution in [1.29, 1.82) is 0 Å². The molecule has 0 amide bonds. The Morgan fingerprint density at radius 2 is 1.31 bits per heavy atom. The second-order valence-electron chi connectivity index (χ2n) is 18.6. The van der Waals surface area contributed by atoms with Crippen molar-refractivity contribution in [2.45, 2.75) is 73.1 Å². The summed E-state index contributed by atoms with van der Waals surface area (Å²) >= 11 is 0. The quantitative estimate of drug-likeness (QED) is 0.142. The minimum absolute atomic E-state index is 0. The molecular formula is C60H55N3OPt. The predicted molar refractivity (Wildman–Crippen MR) is 268 cm³/mol. The van der Waals surface area contributed by atoms with Gasteiger partial charge < -0.3 is 4.74 Å². The zero-order valence-corrected chi connectivity index (χ0v) is 40.2. The van der Waals surface area contributed by atoms with E-state index < -0.39 is 36.6 Å². The zero-order chi connectivity index (χ0) is 50.9. The van der Waals surface area contributed by atoms with Gasteiger partial charge in [0.25, 0.3) is 0 Å². The second kappa shape index (κ2) is 17.9. The first-order valence-electron chi connectivity index (χ1n) is 25.1. The van der Waals surface area contributed by atoms with E-state index in [1.165, 1.54) is 5.56 Å². The summed E-state index contributed by atoms with van der Waals surface area (Å²) in [5.74, 6) is 1.29. The maximum Gasteiger partial charge on any atom is 2.00 e. The van der Waals surface area contributed by atoms with E-state index in [1.54, 1.807) is 18.3 Å². The van der Waals surface area contributed by atoms with Crippen LogP contribution in [0.5, 0.6) is 5.75 Å². The minimum Gasteiger partial charge on any atom is -0.665 e. The molecule has 5 heteroatoms. The molecule has 4 nitrogen and oxygen atoms in total. The number of para-hydroxylation sites is 1. The molecule has 2 heterocycles. The van der Waals surface area contributed by atoms with Gasteiger partial charge >= 0.3 is 21.1 Å². The van der Waals surface area contributed by atoms with Crippen molar-refractivity contribution in [3.8, 4) is 78.6 Å². The number of aryl methyl sites for hydroxylation is 2. The number of nitrogens with zero attached hydrogens (tertiary/aromatic N) is 3. The molecule has 0 bridgehead atoms. The number of benzene rings is 7. The van der Waals surface area contributed by atoms with Crippen molar-refractivity contribution >= 4 is 11.0 Å². The third-order valence-electron chi connectivity index (χ3n) is 11.8. The first-order chi connectivity index (χ1) is 33.6. The van der Waals surface area contributed by atoms with Crippen LogP contribution in [-0.4, -0.2) is 14.5 Å². The standard InChI is InChI=1S/C60H55N3O.Pt/c1-38-24-26-41(27-25-38)44-28-29-61-53(35-44)46-32-45(33-47(34-46)59(4,5)6)48-22-17-23-54-56(48)62-58(51-31-39(2)30-40(3)57(51)64-10)63(54)55-37-49(42-18-13-11-14-19-42)52(60(7,8)9)36-50(55)43-20-15-12-16-21-43;/h11-31,33-37H,10H2,1-9H3;/q-2;+2/i1D3,24D,25D,26D,27D;. The average molecular weight is 1040 g/mol.